The molecular weight excluding hydrogens is 308 g/mol. The highest BCUT2D eigenvalue weighted by atomic mass is 79.9. The first-order valence-corrected chi connectivity index (χ1v) is 7.24. The standard InChI is InChI=1S/C14H19BrN2O2/c1-9-8-17(2)6-5-12(9)16-14(19)10-3-4-11(15)13(18)7-10/h3-4,7,9,12,18H,5-6,8H2,1-2H3,(H,16,19). The summed E-state index contributed by atoms with van der Waals surface area (Å²) in [7, 11) is 2.10. The fourth-order valence-corrected chi connectivity index (χ4v) is 2.72. The molecule has 19 heavy (non-hydrogen) atoms. The Morgan fingerprint density at radius 3 is 2.89 bits per heavy atom. The molecule has 0 radical (unpaired) electrons. The molecule has 1 aromatic carbocycles. The van der Waals surface area contributed by atoms with Gasteiger partial charge in [0.25, 0.3) is 5.91 Å². The van der Waals surface area contributed by atoms with Crippen LogP contribution in [0.25, 0.3) is 0 Å². The monoisotopic (exact) mass is 326 g/mol. The Morgan fingerprint density at radius 1 is 1.53 bits per heavy atom. The Hall–Kier alpha value is -1.07. The maximum atomic E-state index is 12.2. The number of benzene rings is 1. The molecule has 4 nitrogen and oxygen atoms in total. The second-order valence-corrected chi connectivity index (χ2v) is 6.13. The van der Waals surface area contributed by atoms with Gasteiger partial charge in [-0.3, -0.25) is 4.79 Å². The highest BCUT2D eigenvalue weighted by molar-refractivity contribution is 9.10. The number of likely N-dealkylation sites (tertiary alicyclic amines) is 1. The van der Waals surface area contributed by atoms with E-state index in [2.05, 4.69) is 40.1 Å². The van der Waals surface area contributed by atoms with Crippen molar-refractivity contribution in [1.82, 2.24) is 10.2 Å². The van der Waals surface area contributed by atoms with Gasteiger partial charge < -0.3 is 15.3 Å². The molecule has 2 rings (SSSR count). The molecule has 2 unspecified atom stereocenters. The summed E-state index contributed by atoms with van der Waals surface area (Å²) in [6, 6.07) is 5.08. The number of amides is 1. The Balaban J connectivity index is 2.02. The van der Waals surface area contributed by atoms with Crippen LogP contribution >= 0.6 is 15.9 Å². The quantitative estimate of drug-likeness (QED) is 0.876. The summed E-state index contributed by atoms with van der Waals surface area (Å²) in [5, 5.41) is 12.7. The van der Waals surface area contributed by atoms with Gasteiger partial charge in [-0.05, 0) is 60.1 Å². The van der Waals surface area contributed by atoms with Crippen molar-refractivity contribution in [3.8, 4) is 5.75 Å². The first kappa shape index (κ1) is 14.3. The van der Waals surface area contributed by atoms with Crippen molar-refractivity contribution in [2.45, 2.75) is 19.4 Å². The average Bonchev–Trinajstić information content (AvgIpc) is 2.36. The third-order valence-corrected chi connectivity index (χ3v) is 4.30. The number of piperidine rings is 1. The number of phenols is 1. The third kappa shape index (κ3) is 3.48. The van der Waals surface area contributed by atoms with E-state index < -0.39 is 0 Å². The van der Waals surface area contributed by atoms with E-state index in [0.717, 1.165) is 19.5 Å². The van der Waals surface area contributed by atoms with Crippen molar-refractivity contribution in [3.63, 3.8) is 0 Å². The number of hydrogen-bond acceptors (Lipinski definition) is 3. The van der Waals surface area contributed by atoms with Crippen LogP contribution in [-0.2, 0) is 0 Å². The van der Waals surface area contributed by atoms with Crippen molar-refractivity contribution in [2.75, 3.05) is 20.1 Å². The number of carbonyl (C=O) groups is 1. The molecule has 5 heteroatoms. The maximum Gasteiger partial charge on any atom is 0.251 e. The van der Waals surface area contributed by atoms with Crippen LogP contribution in [0.4, 0.5) is 0 Å². The molecule has 1 aliphatic heterocycles. The molecule has 0 aliphatic carbocycles. The molecule has 1 fully saturated rings. The van der Waals surface area contributed by atoms with Crippen LogP contribution < -0.4 is 5.32 Å². The second kappa shape index (κ2) is 5.92. The lowest BCUT2D eigenvalue weighted by Crippen LogP contribution is -2.48. The van der Waals surface area contributed by atoms with Crippen LogP contribution in [0.5, 0.6) is 5.75 Å². The molecule has 2 atom stereocenters. The fourth-order valence-electron chi connectivity index (χ4n) is 2.47. The van der Waals surface area contributed by atoms with E-state index in [1.807, 2.05) is 0 Å². The van der Waals surface area contributed by atoms with Gasteiger partial charge in [0, 0.05) is 18.2 Å². The Kier molecular flexibility index (Phi) is 4.47. The number of aromatic hydroxyl groups is 1. The molecule has 1 aliphatic rings. The van der Waals surface area contributed by atoms with Crippen LogP contribution in [0.15, 0.2) is 22.7 Å². The molecule has 104 valence electrons. The van der Waals surface area contributed by atoms with Crippen molar-refractivity contribution >= 4 is 21.8 Å². The molecule has 1 heterocycles. The Labute approximate surface area is 121 Å². The van der Waals surface area contributed by atoms with Crippen molar-refractivity contribution < 1.29 is 9.90 Å². The summed E-state index contributed by atoms with van der Waals surface area (Å²) in [5.74, 6) is 0.403. The van der Waals surface area contributed by atoms with E-state index in [1.54, 1.807) is 12.1 Å². The number of halogens is 1. The SMILES string of the molecule is CC1CN(C)CCC1NC(=O)c1ccc(Br)c(O)c1. The third-order valence-electron chi connectivity index (χ3n) is 3.63. The molecule has 0 aromatic heterocycles. The summed E-state index contributed by atoms with van der Waals surface area (Å²) >= 11 is 3.21. The molecule has 0 saturated carbocycles. The molecule has 0 bridgehead atoms. The van der Waals surface area contributed by atoms with Gasteiger partial charge in [-0.15, -0.1) is 0 Å². The van der Waals surface area contributed by atoms with E-state index >= 15 is 0 Å². The number of phenolic OH excluding ortho intramolecular Hbond substituents is 1. The Morgan fingerprint density at radius 2 is 2.26 bits per heavy atom. The van der Waals surface area contributed by atoms with Crippen LogP contribution in [0, 0.1) is 5.92 Å². The van der Waals surface area contributed by atoms with Gasteiger partial charge in [0.1, 0.15) is 5.75 Å². The van der Waals surface area contributed by atoms with Gasteiger partial charge in [-0.1, -0.05) is 6.92 Å². The first-order chi connectivity index (χ1) is 8.97. The largest absolute Gasteiger partial charge is 0.507 e. The number of nitrogens with zero attached hydrogens (tertiary/aromatic N) is 1. The predicted molar refractivity (Wildman–Crippen MR) is 78.3 cm³/mol. The van der Waals surface area contributed by atoms with Crippen LogP contribution in [0.2, 0.25) is 0 Å². The van der Waals surface area contributed by atoms with Crippen LogP contribution in [0.1, 0.15) is 23.7 Å². The molecule has 0 spiro atoms. The lowest BCUT2D eigenvalue weighted by atomic mass is 9.94. The number of hydrogen-bond donors (Lipinski definition) is 2. The average molecular weight is 327 g/mol. The fraction of sp³-hybridized carbons (Fsp3) is 0.500. The smallest absolute Gasteiger partial charge is 0.251 e. The number of carbonyl (C=O) groups excluding carboxylic acids is 1. The molecule has 1 amide bonds. The topological polar surface area (TPSA) is 52.6 Å². The van der Waals surface area contributed by atoms with Gasteiger partial charge in [0.05, 0.1) is 4.47 Å². The van der Waals surface area contributed by atoms with Gasteiger partial charge in [0.2, 0.25) is 0 Å². The minimum atomic E-state index is -0.121. The highest BCUT2D eigenvalue weighted by Gasteiger charge is 2.25. The van der Waals surface area contributed by atoms with Crippen molar-refractivity contribution in [1.29, 1.82) is 0 Å². The van der Waals surface area contributed by atoms with Gasteiger partial charge in [0.15, 0.2) is 0 Å². The molecule has 2 N–H and O–H groups in total. The summed E-state index contributed by atoms with van der Waals surface area (Å²) in [6.07, 6.45) is 0.964. The molecule has 1 saturated heterocycles. The van der Waals surface area contributed by atoms with Gasteiger partial charge in [-0.25, -0.2) is 0 Å². The van der Waals surface area contributed by atoms with Gasteiger partial charge >= 0.3 is 0 Å². The van der Waals surface area contributed by atoms with E-state index in [9.17, 15) is 9.90 Å². The number of nitrogens with one attached hydrogen (secondary N) is 1. The zero-order valence-corrected chi connectivity index (χ0v) is 12.8. The summed E-state index contributed by atoms with van der Waals surface area (Å²) in [5.41, 5.74) is 0.492. The Bertz CT molecular complexity index is 479. The normalized spacial score (nSPS) is 24.2. The maximum absolute atomic E-state index is 12.2. The lowest BCUT2D eigenvalue weighted by Gasteiger charge is -2.35. The summed E-state index contributed by atoms with van der Waals surface area (Å²) < 4.78 is 0.594. The predicted octanol–water partition coefficient (Wildman–Crippen LogP) is 2.22. The minimum Gasteiger partial charge on any atom is -0.507 e. The first-order valence-electron chi connectivity index (χ1n) is 6.45. The zero-order valence-electron chi connectivity index (χ0n) is 11.2. The zero-order chi connectivity index (χ0) is 14.0. The van der Waals surface area contributed by atoms with Gasteiger partial charge in [-0.2, -0.15) is 0 Å². The molecular formula is C14H19BrN2O2. The van der Waals surface area contributed by atoms with E-state index in [0.29, 0.717) is 16.0 Å². The highest BCUT2D eigenvalue weighted by Crippen LogP contribution is 2.24. The summed E-state index contributed by atoms with van der Waals surface area (Å²) in [6.45, 7) is 4.15. The second-order valence-electron chi connectivity index (χ2n) is 5.27. The molecule has 1 aromatic rings. The van der Waals surface area contributed by atoms with E-state index in [4.69, 9.17) is 0 Å². The van der Waals surface area contributed by atoms with E-state index in [-0.39, 0.29) is 17.7 Å². The summed E-state index contributed by atoms with van der Waals surface area (Å²) in [4.78, 5) is 14.4. The number of rotatable bonds is 2. The van der Waals surface area contributed by atoms with Crippen molar-refractivity contribution in [3.05, 3.63) is 28.2 Å². The van der Waals surface area contributed by atoms with Crippen molar-refractivity contribution in [2.24, 2.45) is 5.92 Å². The van der Waals surface area contributed by atoms with Crippen LogP contribution in [-0.4, -0.2) is 42.1 Å². The lowest BCUT2D eigenvalue weighted by molar-refractivity contribution is 0.0883. The van der Waals surface area contributed by atoms with Crippen LogP contribution in [0.3, 0.4) is 0 Å². The minimum absolute atomic E-state index is 0.0871. The van der Waals surface area contributed by atoms with E-state index in [1.165, 1.54) is 6.07 Å².